The highest BCUT2D eigenvalue weighted by atomic mass is 16.6. The largest absolute Gasteiger partial charge is 0.492 e. The molecule has 182 valence electrons. The summed E-state index contributed by atoms with van der Waals surface area (Å²) in [7, 11) is 3.04. The van der Waals surface area contributed by atoms with Crippen molar-refractivity contribution in [3.8, 4) is 16.9 Å². The number of pyridine rings is 1. The third kappa shape index (κ3) is 9.47. The Bertz CT molecular complexity index is 793. The topological polar surface area (TPSA) is 104 Å². The number of aliphatic hydroxyl groups excluding tert-OH is 2. The Balaban J connectivity index is 0.00000187. The lowest BCUT2D eigenvalue weighted by atomic mass is 10.0. The number of carbonyl (C=O) groups excluding carboxylic acids is 1. The summed E-state index contributed by atoms with van der Waals surface area (Å²) in [5, 5.41) is 19.7. The number of rotatable bonds is 10. The number of benzene rings is 1. The number of hydrogen-bond acceptors (Lipinski definition) is 7. The van der Waals surface area contributed by atoms with Gasteiger partial charge in [-0.3, -0.25) is 9.78 Å². The van der Waals surface area contributed by atoms with E-state index in [0.29, 0.717) is 32.0 Å². The molecule has 1 aliphatic rings. The highest BCUT2D eigenvalue weighted by molar-refractivity contribution is 5.75. The third-order valence-corrected chi connectivity index (χ3v) is 5.55. The summed E-state index contributed by atoms with van der Waals surface area (Å²) in [5.74, 6) is 0.806. The van der Waals surface area contributed by atoms with Crippen LogP contribution in [0.4, 0.5) is 0 Å². The van der Waals surface area contributed by atoms with Crippen LogP contribution >= 0.6 is 0 Å². The van der Waals surface area contributed by atoms with E-state index in [2.05, 4.69) is 15.2 Å². The molecule has 1 aromatic carbocycles. The predicted octanol–water partition coefficient (Wildman–Crippen LogP) is 2.45. The van der Waals surface area contributed by atoms with Gasteiger partial charge in [0.15, 0.2) is 6.29 Å². The summed E-state index contributed by atoms with van der Waals surface area (Å²) < 4.78 is 11.1. The number of hydrogen-bond donors (Lipinski definition) is 3. The van der Waals surface area contributed by atoms with Crippen molar-refractivity contribution in [1.29, 1.82) is 0 Å². The molecule has 1 fully saturated rings. The summed E-state index contributed by atoms with van der Waals surface area (Å²) >= 11 is 0. The smallest absolute Gasteiger partial charge is 0.220 e. The first-order valence-corrected chi connectivity index (χ1v) is 11.4. The molecule has 2 aromatic rings. The van der Waals surface area contributed by atoms with Gasteiger partial charge in [-0.05, 0) is 62.7 Å². The summed E-state index contributed by atoms with van der Waals surface area (Å²) in [5.41, 5.74) is 2.15. The van der Waals surface area contributed by atoms with Crippen molar-refractivity contribution in [2.45, 2.75) is 51.0 Å². The number of nitrogens with one attached hydrogen (secondary N) is 1. The second-order valence-electron chi connectivity index (χ2n) is 8.08. The second kappa shape index (κ2) is 14.6. The molecule has 3 N–H and O–H groups in total. The van der Waals surface area contributed by atoms with Gasteiger partial charge in [-0.2, -0.15) is 0 Å². The van der Waals surface area contributed by atoms with Crippen LogP contribution in [0.25, 0.3) is 11.1 Å². The molecule has 0 spiro atoms. The van der Waals surface area contributed by atoms with Crippen LogP contribution in [0.1, 0.15) is 32.6 Å². The van der Waals surface area contributed by atoms with Gasteiger partial charge < -0.3 is 29.9 Å². The summed E-state index contributed by atoms with van der Waals surface area (Å²) in [6, 6.07) is 12.1. The SMILES string of the molecule is CC1CC(N(C)CCCC(=O)NCCOc2ccc(-c3cccnc3)cc2)CC(O)O1.CO. The zero-order chi connectivity index (χ0) is 24.1. The molecule has 0 saturated carbocycles. The molecule has 8 nitrogen and oxygen atoms in total. The number of nitrogens with zero attached hydrogens (tertiary/aromatic N) is 2. The first kappa shape index (κ1) is 26.7. The zero-order valence-electron chi connectivity index (χ0n) is 19.8. The first-order chi connectivity index (χ1) is 16.0. The van der Waals surface area contributed by atoms with Gasteiger partial charge in [0.05, 0.1) is 12.6 Å². The van der Waals surface area contributed by atoms with E-state index >= 15 is 0 Å². The molecule has 0 aliphatic carbocycles. The molecule has 1 aliphatic heterocycles. The van der Waals surface area contributed by atoms with E-state index in [-0.39, 0.29) is 12.0 Å². The highest BCUT2D eigenvalue weighted by Crippen LogP contribution is 2.22. The Morgan fingerprint density at radius 1 is 1.21 bits per heavy atom. The molecule has 33 heavy (non-hydrogen) atoms. The van der Waals surface area contributed by atoms with E-state index in [1.54, 1.807) is 6.20 Å². The van der Waals surface area contributed by atoms with Gasteiger partial charge in [-0.1, -0.05) is 18.2 Å². The maximum atomic E-state index is 12.1. The molecule has 3 unspecified atom stereocenters. The zero-order valence-corrected chi connectivity index (χ0v) is 19.8. The fraction of sp³-hybridized carbons (Fsp3) is 0.520. The van der Waals surface area contributed by atoms with Crippen molar-refractivity contribution in [2.75, 3.05) is 33.9 Å². The number of ether oxygens (including phenoxy) is 2. The average molecular weight is 460 g/mol. The lowest BCUT2D eigenvalue weighted by Gasteiger charge is -2.36. The van der Waals surface area contributed by atoms with Crippen LogP contribution in [0, 0.1) is 0 Å². The highest BCUT2D eigenvalue weighted by Gasteiger charge is 2.28. The van der Waals surface area contributed by atoms with Crippen LogP contribution in [-0.4, -0.2) is 78.3 Å². The molecule has 2 heterocycles. The molecule has 1 saturated heterocycles. The summed E-state index contributed by atoms with van der Waals surface area (Å²) in [6.45, 7) is 3.70. The lowest BCUT2D eigenvalue weighted by molar-refractivity contribution is -0.173. The summed E-state index contributed by atoms with van der Waals surface area (Å²) in [4.78, 5) is 18.4. The Morgan fingerprint density at radius 2 is 1.97 bits per heavy atom. The Kier molecular flexibility index (Phi) is 11.8. The second-order valence-corrected chi connectivity index (χ2v) is 8.08. The molecule has 3 rings (SSSR count). The number of aliphatic hydroxyl groups is 2. The third-order valence-electron chi connectivity index (χ3n) is 5.55. The molecule has 0 radical (unpaired) electrons. The minimum absolute atomic E-state index is 0.0318. The van der Waals surface area contributed by atoms with Crippen LogP contribution in [0.15, 0.2) is 48.8 Å². The first-order valence-electron chi connectivity index (χ1n) is 11.4. The molecule has 1 amide bonds. The molecular formula is C25H37N3O5. The van der Waals surface area contributed by atoms with E-state index < -0.39 is 6.29 Å². The van der Waals surface area contributed by atoms with Gasteiger partial charge in [0, 0.05) is 38.4 Å². The Morgan fingerprint density at radius 3 is 2.64 bits per heavy atom. The number of amides is 1. The van der Waals surface area contributed by atoms with E-state index in [1.165, 1.54) is 0 Å². The van der Waals surface area contributed by atoms with Crippen molar-refractivity contribution < 1.29 is 24.5 Å². The molecular weight excluding hydrogens is 422 g/mol. The average Bonchev–Trinajstić information content (AvgIpc) is 2.83. The van der Waals surface area contributed by atoms with Gasteiger partial charge in [0.2, 0.25) is 5.91 Å². The van der Waals surface area contributed by atoms with Gasteiger partial charge >= 0.3 is 0 Å². The number of aromatic nitrogens is 1. The van der Waals surface area contributed by atoms with Crippen molar-refractivity contribution in [3.05, 3.63) is 48.8 Å². The normalized spacial score (nSPS) is 20.0. The van der Waals surface area contributed by atoms with Crippen molar-refractivity contribution in [1.82, 2.24) is 15.2 Å². The van der Waals surface area contributed by atoms with E-state index in [9.17, 15) is 9.90 Å². The van der Waals surface area contributed by atoms with E-state index in [4.69, 9.17) is 14.6 Å². The molecule has 8 heteroatoms. The van der Waals surface area contributed by atoms with Crippen molar-refractivity contribution in [2.24, 2.45) is 0 Å². The van der Waals surface area contributed by atoms with Gasteiger partial charge in [-0.15, -0.1) is 0 Å². The molecule has 1 aromatic heterocycles. The maximum Gasteiger partial charge on any atom is 0.220 e. The van der Waals surface area contributed by atoms with Gasteiger partial charge in [0.1, 0.15) is 12.4 Å². The minimum Gasteiger partial charge on any atom is -0.492 e. The van der Waals surface area contributed by atoms with Crippen LogP contribution in [0.2, 0.25) is 0 Å². The Hall–Kier alpha value is -2.52. The predicted molar refractivity (Wildman–Crippen MR) is 128 cm³/mol. The van der Waals surface area contributed by atoms with Crippen molar-refractivity contribution in [3.63, 3.8) is 0 Å². The van der Waals surface area contributed by atoms with Crippen LogP contribution in [-0.2, 0) is 9.53 Å². The summed E-state index contributed by atoms with van der Waals surface area (Å²) in [6.07, 6.45) is 5.74. The molecule has 0 bridgehead atoms. The monoisotopic (exact) mass is 459 g/mol. The fourth-order valence-electron chi connectivity index (χ4n) is 3.85. The standard InChI is InChI=1S/C24H33N3O4.CH4O/c1-18-15-21(16-24(29)31-18)27(2)13-4-6-23(28)26-12-14-30-22-9-7-19(8-10-22)20-5-3-11-25-17-20;1-2/h3,5,7-11,17-18,21,24,29H,4,6,12-16H2,1-2H3,(H,26,28);2H,1H3. The van der Waals surface area contributed by atoms with Gasteiger partial charge in [-0.25, -0.2) is 0 Å². The van der Waals surface area contributed by atoms with Gasteiger partial charge in [0.25, 0.3) is 0 Å². The molecule has 3 atom stereocenters. The fourth-order valence-corrected chi connectivity index (χ4v) is 3.85. The van der Waals surface area contributed by atoms with E-state index in [1.807, 2.05) is 56.6 Å². The number of carbonyl (C=O) groups is 1. The van der Waals surface area contributed by atoms with Crippen LogP contribution < -0.4 is 10.1 Å². The maximum absolute atomic E-state index is 12.1. The van der Waals surface area contributed by atoms with Crippen LogP contribution in [0.5, 0.6) is 5.75 Å². The lowest BCUT2D eigenvalue weighted by Crippen LogP contribution is -2.43. The van der Waals surface area contributed by atoms with Crippen LogP contribution in [0.3, 0.4) is 0 Å². The van der Waals surface area contributed by atoms with E-state index in [0.717, 1.165) is 43.4 Å². The Labute approximate surface area is 196 Å². The van der Waals surface area contributed by atoms with Crippen molar-refractivity contribution >= 4 is 5.91 Å². The minimum atomic E-state index is -0.689. The quantitative estimate of drug-likeness (QED) is 0.469.